The van der Waals surface area contributed by atoms with Crippen LogP contribution in [0.15, 0.2) is 30.9 Å². The predicted octanol–water partition coefficient (Wildman–Crippen LogP) is 1.06. The van der Waals surface area contributed by atoms with Crippen molar-refractivity contribution in [3.05, 3.63) is 42.0 Å². The summed E-state index contributed by atoms with van der Waals surface area (Å²) in [5.74, 6) is 0.709. The lowest BCUT2D eigenvalue weighted by Crippen LogP contribution is -2.51. The van der Waals surface area contributed by atoms with Gasteiger partial charge in [0.05, 0.1) is 13.7 Å². The number of amides is 2. The van der Waals surface area contributed by atoms with Crippen molar-refractivity contribution in [3.8, 4) is 5.75 Å². The van der Waals surface area contributed by atoms with E-state index in [2.05, 4.69) is 16.8 Å². The maximum atomic E-state index is 12.6. The largest absolute Gasteiger partial charge is 0.496 e. The van der Waals surface area contributed by atoms with Gasteiger partial charge < -0.3 is 15.0 Å². The van der Waals surface area contributed by atoms with Gasteiger partial charge in [-0.05, 0) is 24.6 Å². The summed E-state index contributed by atoms with van der Waals surface area (Å²) in [5, 5.41) is 2.76. The molecule has 0 bridgehead atoms. The van der Waals surface area contributed by atoms with E-state index in [1.165, 1.54) is 0 Å². The molecule has 1 heterocycles. The zero-order chi connectivity index (χ0) is 17.5. The predicted molar refractivity (Wildman–Crippen MR) is 93.3 cm³/mol. The smallest absolute Gasteiger partial charge is 0.254 e. The summed E-state index contributed by atoms with van der Waals surface area (Å²) in [6.07, 6.45) is 1.66. The highest BCUT2D eigenvalue weighted by Crippen LogP contribution is 2.20. The fraction of sp³-hybridized carbons (Fsp3) is 0.444. The first-order valence-corrected chi connectivity index (χ1v) is 8.09. The van der Waals surface area contributed by atoms with Crippen LogP contribution in [0.4, 0.5) is 0 Å². The molecule has 6 heteroatoms. The molecule has 0 aromatic heterocycles. The molecule has 0 radical (unpaired) electrons. The van der Waals surface area contributed by atoms with Crippen LogP contribution in [0.2, 0.25) is 0 Å². The summed E-state index contributed by atoms with van der Waals surface area (Å²) < 4.78 is 5.29. The highest BCUT2D eigenvalue weighted by Gasteiger charge is 2.23. The van der Waals surface area contributed by atoms with Gasteiger partial charge in [0.2, 0.25) is 5.91 Å². The molecule has 1 aliphatic heterocycles. The third-order valence-electron chi connectivity index (χ3n) is 4.13. The van der Waals surface area contributed by atoms with E-state index in [1.54, 1.807) is 19.3 Å². The van der Waals surface area contributed by atoms with Crippen LogP contribution in [-0.4, -0.2) is 68.0 Å². The van der Waals surface area contributed by atoms with Crippen LogP contribution in [0.3, 0.4) is 0 Å². The second kappa shape index (κ2) is 8.49. The van der Waals surface area contributed by atoms with Gasteiger partial charge in [0.15, 0.2) is 0 Å². The van der Waals surface area contributed by atoms with Crippen molar-refractivity contribution in [1.82, 2.24) is 15.1 Å². The molecule has 6 nitrogen and oxygen atoms in total. The molecule has 24 heavy (non-hydrogen) atoms. The average molecular weight is 331 g/mol. The molecule has 1 aromatic carbocycles. The van der Waals surface area contributed by atoms with Gasteiger partial charge in [0.1, 0.15) is 5.75 Å². The molecule has 1 aliphatic rings. The fourth-order valence-electron chi connectivity index (χ4n) is 2.69. The van der Waals surface area contributed by atoms with E-state index in [4.69, 9.17) is 4.74 Å². The molecule has 130 valence electrons. The van der Waals surface area contributed by atoms with E-state index >= 15 is 0 Å². The number of aryl methyl sites for hydroxylation is 1. The Morgan fingerprint density at radius 1 is 1.29 bits per heavy atom. The van der Waals surface area contributed by atoms with Crippen LogP contribution in [0.1, 0.15) is 15.9 Å². The number of ether oxygens (including phenoxy) is 1. The lowest BCUT2D eigenvalue weighted by atomic mass is 10.1. The van der Waals surface area contributed by atoms with Crippen LogP contribution < -0.4 is 10.1 Å². The zero-order valence-corrected chi connectivity index (χ0v) is 14.4. The fourth-order valence-corrected chi connectivity index (χ4v) is 2.69. The first kappa shape index (κ1) is 18.0. The molecule has 0 saturated carbocycles. The number of benzene rings is 1. The molecular weight excluding hydrogens is 306 g/mol. The Balaban J connectivity index is 1.88. The summed E-state index contributed by atoms with van der Waals surface area (Å²) in [6.45, 7) is 8.97. The Bertz CT molecular complexity index is 608. The van der Waals surface area contributed by atoms with Crippen LogP contribution in [-0.2, 0) is 4.79 Å². The van der Waals surface area contributed by atoms with E-state index in [0.29, 0.717) is 44.8 Å². The van der Waals surface area contributed by atoms with Crippen LogP contribution in [0, 0.1) is 6.92 Å². The molecule has 1 saturated heterocycles. The molecule has 2 amide bonds. The van der Waals surface area contributed by atoms with Crippen molar-refractivity contribution < 1.29 is 14.3 Å². The van der Waals surface area contributed by atoms with E-state index in [0.717, 1.165) is 11.3 Å². The van der Waals surface area contributed by atoms with Crippen molar-refractivity contribution in [1.29, 1.82) is 0 Å². The lowest BCUT2D eigenvalue weighted by molar-refractivity contribution is -0.122. The average Bonchev–Trinajstić information content (AvgIpc) is 2.60. The van der Waals surface area contributed by atoms with Crippen molar-refractivity contribution in [2.45, 2.75) is 6.92 Å². The molecule has 0 aliphatic carbocycles. The number of hydrogen-bond donors (Lipinski definition) is 1. The number of nitrogens with one attached hydrogen (secondary N) is 1. The maximum absolute atomic E-state index is 12.6. The van der Waals surface area contributed by atoms with Gasteiger partial charge in [0, 0.05) is 38.3 Å². The Morgan fingerprint density at radius 3 is 2.62 bits per heavy atom. The van der Waals surface area contributed by atoms with Crippen LogP contribution >= 0.6 is 0 Å². The minimum atomic E-state index is -0.0158. The summed E-state index contributed by atoms with van der Waals surface area (Å²) in [5.41, 5.74) is 1.64. The quantitative estimate of drug-likeness (QED) is 0.792. The van der Waals surface area contributed by atoms with Gasteiger partial charge in [-0.15, -0.1) is 6.58 Å². The minimum absolute atomic E-state index is 0.00376. The first-order chi connectivity index (χ1) is 11.5. The van der Waals surface area contributed by atoms with Crippen molar-refractivity contribution in [2.24, 2.45) is 0 Å². The van der Waals surface area contributed by atoms with Crippen LogP contribution in [0.5, 0.6) is 5.75 Å². The SMILES string of the molecule is C=CCNC(=O)CN1CCN(C(=O)c2ccc(C)c(OC)c2)CC1. The van der Waals surface area contributed by atoms with Gasteiger partial charge in [0.25, 0.3) is 5.91 Å². The third-order valence-corrected chi connectivity index (χ3v) is 4.13. The summed E-state index contributed by atoms with van der Waals surface area (Å²) in [7, 11) is 1.60. The first-order valence-electron chi connectivity index (χ1n) is 8.09. The number of carbonyl (C=O) groups excluding carboxylic acids is 2. The Labute approximate surface area is 143 Å². The summed E-state index contributed by atoms with van der Waals surface area (Å²) >= 11 is 0. The molecule has 0 spiro atoms. The Morgan fingerprint density at radius 2 is 2.00 bits per heavy atom. The molecule has 0 atom stereocenters. The van der Waals surface area contributed by atoms with Crippen molar-refractivity contribution in [3.63, 3.8) is 0 Å². The topological polar surface area (TPSA) is 61.9 Å². The maximum Gasteiger partial charge on any atom is 0.254 e. The van der Waals surface area contributed by atoms with Gasteiger partial charge in [-0.1, -0.05) is 12.1 Å². The zero-order valence-electron chi connectivity index (χ0n) is 14.4. The minimum Gasteiger partial charge on any atom is -0.496 e. The molecule has 1 N–H and O–H groups in total. The standard InChI is InChI=1S/C18H25N3O3/c1-4-7-19-17(22)13-20-8-10-21(11-9-20)18(23)15-6-5-14(2)16(12-15)24-3/h4-6,12H,1,7-11,13H2,2-3H3,(H,19,22). The monoisotopic (exact) mass is 331 g/mol. The molecular formula is C18H25N3O3. The summed E-state index contributed by atoms with van der Waals surface area (Å²) in [4.78, 5) is 28.2. The van der Waals surface area contributed by atoms with Gasteiger partial charge in [-0.3, -0.25) is 14.5 Å². The van der Waals surface area contributed by atoms with Gasteiger partial charge in [-0.2, -0.15) is 0 Å². The van der Waals surface area contributed by atoms with E-state index in [-0.39, 0.29) is 11.8 Å². The molecule has 1 aromatic rings. The molecule has 2 rings (SSSR count). The molecule has 1 fully saturated rings. The lowest BCUT2D eigenvalue weighted by Gasteiger charge is -2.34. The van der Waals surface area contributed by atoms with Crippen molar-refractivity contribution in [2.75, 3.05) is 46.4 Å². The van der Waals surface area contributed by atoms with Gasteiger partial charge in [-0.25, -0.2) is 0 Å². The highest BCUT2D eigenvalue weighted by molar-refractivity contribution is 5.94. The number of carbonyl (C=O) groups is 2. The number of piperazine rings is 1. The number of methoxy groups -OCH3 is 1. The second-order valence-electron chi connectivity index (χ2n) is 5.85. The van der Waals surface area contributed by atoms with Crippen LogP contribution in [0.25, 0.3) is 0 Å². The number of nitrogens with zero attached hydrogens (tertiary/aromatic N) is 2. The van der Waals surface area contributed by atoms with Crippen molar-refractivity contribution >= 4 is 11.8 Å². The highest BCUT2D eigenvalue weighted by atomic mass is 16.5. The second-order valence-corrected chi connectivity index (χ2v) is 5.85. The van der Waals surface area contributed by atoms with E-state index < -0.39 is 0 Å². The number of rotatable bonds is 6. The Hall–Kier alpha value is -2.34. The van der Waals surface area contributed by atoms with E-state index in [9.17, 15) is 9.59 Å². The molecule has 0 unspecified atom stereocenters. The third kappa shape index (κ3) is 4.58. The Kier molecular flexibility index (Phi) is 6.37. The summed E-state index contributed by atoms with van der Waals surface area (Å²) in [6, 6.07) is 5.51. The van der Waals surface area contributed by atoms with E-state index in [1.807, 2.05) is 24.0 Å². The van der Waals surface area contributed by atoms with Gasteiger partial charge >= 0.3 is 0 Å². The number of hydrogen-bond acceptors (Lipinski definition) is 4. The normalized spacial score (nSPS) is 15.0.